The molecule has 1 N–H and O–H groups in total. The molecule has 2 rings (SSSR count). The molecule has 2 nitrogen and oxygen atoms in total. The van der Waals surface area contributed by atoms with Crippen molar-refractivity contribution < 1.29 is 0 Å². The number of piperidine rings is 1. The van der Waals surface area contributed by atoms with Crippen LogP contribution in [-0.2, 0) is 0 Å². The van der Waals surface area contributed by atoms with E-state index < -0.39 is 0 Å². The summed E-state index contributed by atoms with van der Waals surface area (Å²) in [4.78, 5) is 2.64. The van der Waals surface area contributed by atoms with Crippen molar-refractivity contribution in [3.05, 3.63) is 35.9 Å². The Morgan fingerprint density at radius 1 is 1.32 bits per heavy atom. The van der Waals surface area contributed by atoms with E-state index >= 15 is 0 Å². The molecule has 0 aromatic heterocycles. The largest absolute Gasteiger partial charge is 0.319 e. The van der Waals surface area contributed by atoms with Crippen LogP contribution in [0, 0.1) is 11.3 Å². The van der Waals surface area contributed by atoms with Crippen molar-refractivity contribution in [2.24, 2.45) is 11.3 Å². The Kier molecular flexibility index (Phi) is 4.64. The third-order valence-corrected chi connectivity index (χ3v) is 4.76. The minimum Gasteiger partial charge on any atom is -0.319 e. The molecule has 1 aliphatic heterocycles. The van der Waals surface area contributed by atoms with Crippen molar-refractivity contribution in [1.29, 1.82) is 0 Å². The molecular formula is C17H28N2. The monoisotopic (exact) mass is 260 g/mol. The van der Waals surface area contributed by atoms with Crippen molar-refractivity contribution >= 4 is 0 Å². The first-order chi connectivity index (χ1) is 9.04. The van der Waals surface area contributed by atoms with Gasteiger partial charge in [0.25, 0.3) is 0 Å². The van der Waals surface area contributed by atoms with E-state index in [0.717, 1.165) is 12.5 Å². The predicted octanol–water partition coefficient (Wildman–Crippen LogP) is 3.32. The molecule has 19 heavy (non-hydrogen) atoms. The molecule has 0 spiro atoms. The Bertz CT molecular complexity index is 386. The Labute approximate surface area is 118 Å². The van der Waals surface area contributed by atoms with Crippen LogP contribution < -0.4 is 5.32 Å². The van der Waals surface area contributed by atoms with E-state index in [4.69, 9.17) is 0 Å². The molecule has 0 aliphatic carbocycles. The normalized spacial score (nSPS) is 25.2. The number of benzene rings is 1. The zero-order chi connectivity index (χ0) is 13.9. The van der Waals surface area contributed by atoms with Gasteiger partial charge in [-0.25, -0.2) is 0 Å². The molecule has 1 aromatic rings. The van der Waals surface area contributed by atoms with Gasteiger partial charge in [0.15, 0.2) is 0 Å². The standard InChI is InChI=1S/C17H28N2/c1-14(15-8-6-5-7-9-15)19-11-10-16(12-18-4)17(2,3)13-19/h5-9,14,16,18H,10-13H2,1-4H3. The molecule has 1 heterocycles. The Balaban J connectivity index is 2.04. The van der Waals surface area contributed by atoms with Gasteiger partial charge in [-0.1, -0.05) is 44.2 Å². The fourth-order valence-corrected chi connectivity index (χ4v) is 3.34. The van der Waals surface area contributed by atoms with Gasteiger partial charge in [0, 0.05) is 12.6 Å². The lowest BCUT2D eigenvalue weighted by atomic mass is 9.73. The van der Waals surface area contributed by atoms with Crippen molar-refractivity contribution in [2.75, 3.05) is 26.7 Å². The zero-order valence-corrected chi connectivity index (χ0v) is 12.8. The van der Waals surface area contributed by atoms with Crippen LogP contribution in [-0.4, -0.2) is 31.6 Å². The SMILES string of the molecule is CNCC1CCN(C(C)c2ccccc2)CC1(C)C. The summed E-state index contributed by atoms with van der Waals surface area (Å²) in [6.07, 6.45) is 1.30. The van der Waals surface area contributed by atoms with E-state index in [0.29, 0.717) is 11.5 Å². The number of rotatable bonds is 4. The number of hydrogen-bond acceptors (Lipinski definition) is 2. The van der Waals surface area contributed by atoms with Crippen LogP contribution in [0.3, 0.4) is 0 Å². The molecule has 0 bridgehead atoms. The van der Waals surface area contributed by atoms with Crippen LogP contribution in [0.2, 0.25) is 0 Å². The van der Waals surface area contributed by atoms with Crippen molar-refractivity contribution in [3.8, 4) is 0 Å². The van der Waals surface area contributed by atoms with Crippen LogP contribution in [0.25, 0.3) is 0 Å². The topological polar surface area (TPSA) is 15.3 Å². The maximum Gasteiger partial charge on any atom is 0.0320 e. The Hall–Kier alpha value is -0.860. The van der Waals surface area contributed by atoms with Crippen LogP contribution >= 0.6 is 0 Å². The minimum atomic E-state index is 0.393. The fraction of sp³-hybridized carbons (Fsp3) is 0.647. The van der Waals surface area contributed by atoms with E-state index in [1.807, 2.05) is 0 Å². The number of hydrogen-bond donors (Lipinski definition) is 1. The quantitative estimate of drug-likeness (QED) is 0.893. The van der Waals surface area contributed by atoms with E-state index in [1.54, 1.807) is 0 Å². The van der Waals surface area contributed by atoms with Crippen molar-refractivity contribution in [3.63, 3.8) is 0 Å². The van der Waals surface area contributed by atoms with Crippen LogP contribution in [0.15, 0.2) is 30.3 Å². The second kappa shape index (κ2) is 6.06. The summed E-state index contributed by atoms with van der Waals surface area (Å²) >= 11 is 0. The molecule has 0 saturated carbocycles. The van der Waals surface area contributed by atoms with Gasteiger partial charge in [-0.15, -0.1) is 0 Å². The average Bonchev–Trinajstić information content (AvgIpc) is 2.41. The first-order valence-electron chi connectivity index (χ1n) is 7.48. The molecule has 1 aromatic carbocycles. The van der Waals surface area contributed by atoms with Crippen LogP contribution in [0.5, 0.6) is 0 Å². The van der Waals surface area contributed by atoms with Gasteiger partial charge in [0.1, 0.15) is 0 Å². The van der Waals surface area contributed by atoms with Gasteiger partial charge in [-0.3, -0.25) is 4.90 Å². The molecule has 106 valence electrons. The highest BCUT2D eigenvalue weighted by Crippen LogP contribution is 2.37. The summed E-state index contributed by atoms with van der Waals surface area (Å²) in [5.74, 6) is 0.789. The van der Waals surface area contributed by atoms with Crippen molar-refractivity contribution in [1.82, 2.24) is 10.2 Å². The first-order valence-corrected chi connectivity index (χ1v) is 7.48. The fourth-order valence-electron chi connectivity index (χ4n) is 3.34. The highest BCUT2D eigenvalue weighted by molar-refractivity contribution is 5.18. The molecule has 2 unspecified atom stereocenters. The number of nitrogens with one attached hydrogen (secondary N) is 1. The third kappa shape index (κ3) is 3.37. The average molecular weight is 260 g/mol. The molecule has 0 radical (unpaired) electrons. The maximum atomic E-state index is 3.35. The molecule has 1 aliphatic rings. The lowest BCUT2D eigenvalue weighted by molar-refractivity contribution is 0.0328. The van der Waals surface area contributed by atoms with Gasteiger partial charge in [0.05, 0.1) is 0 Å². The van der Waals surface area contributed by atoms with E-state index in [2.05, 4.69) is 68.4 Å². The summed E-state index contributed by atoms with van der Waals surface area (Å²) in [5.41, 5.74) is 1.83. The zero-order valence-electron chi connectivity index (χ0n) is 12.8. The molecule has 0 amide bonds. The van der Waals surface area contributed by atoms with Crippen LogP contribution in [0.1, 0.15) is 38.8 Å². The molecule has 2 atom stereocenters. The highest BCUT2D eigenvalue weighted by atomic mass is 15.2. The smallest absolute Gasteiger partial charge is 0.0320 e. The lowest BCUT2D eigenvalue weighted by Gasteiger charge is -2.46. The Morgan fingerprint density at radius 3 is 2.58 bits per heavy atom. The summed E-state index contributed by atoms with van der Waals surface area (Å²) in [5, 5.41) is 3.35. The van der Waals surface area contributed by atoms with E-state index in [9.17, 15) is 0 Å². The maximum absolute atomic E-state index is 3.35. The number of nitrogens with zero attached hydrogens (tertiary/aromatic N) is 1. The third-order valence-electron chi connectivity index (χ3n) is 4.76. The summed E-state index contributed by atoms with van der Waals surface area (Å²) < 4.78 is 0. The van der Waals surface area contributed by atoms with Gasteiger partial charge in [0.2, 0.25) is 0 Å². The summed E-state index contributed by atoms with van der Waals surface area (Å²) in [6.45, 7) is 10.7. The molecule has 1 fully saturated rings. The second-order valence-corrected chi connectivity index (χ2v) is 6.59. The van der Waals surface area contributed by atoms with Gasteiger partial charge in [-0.05, 0) is 50.4 Å². The molecule has 1 saturated heterocycles. The summed E-state index contributed by atoms with van der Waals surface area (Å²) in [6, 6.07) is 11.4. The minimum absolute atomic E-state index is 0.393. The van der Waals surface area contributed by atoms with Gasteiger partial charge >= 0.3 is 0 Å². The lowest BCUT2D eigenvalue weighted by Crippen LogP contribution is -2.49. The summed E-state index contributed by atoms with van der Waals surface area (Å²) in [7, 11) is 2.06. The van der Waals surface area contributed by atoms with Crippen LogP contribution in [0.4, 0.5) is 0 Å². The van der Waals surface area contributed by atoms with E-state index in [-0.39, 0.29) is 0 Å². The second-order valence-electron chi connectivity index (χ2n) is 6.59. The molecular weight excluding hydrogens is 232 g/mol. The van der Waals surface area contributed by atoms with E-state index in [1.165, 1.54) is 25.1 Å². The molecule has 2 heteroatoms. The highest BCUT2D eigenvalue weighted by Gasteiger charge is 2.36. The van der Waals surface area contributed by atoms with Gasteiger partial charge in [-0.2, -0.15) is 0 Å². The first kappa shape index (κ1) is 14.5. The predicted molar refractivity (Wildman–Crippen MR) is 82.2 cm³/mol. The Morgan fingerprint density at radius 2 is 2.00 bits per heavy atom. The van der Waals surface area contributed by atoms with Crippen molar-refractivity contribution in [2.45, 2.75) is 33.2 Å². The van der Waals surface area contributed by atoms with Gasteiger partial charge < -0.3 is 5.32 Å². The number of likely N-dealkylation sites (tertiary alicyclic amines) is 1.